The van der Waals surface area contributed by atoms with Crippen LogP contribution in [-0.4, -0.2) is 27.6 Å². The topological polar surface area (TPSA) is 47.4 Å². The second kappa shape index (κ2) is 8.52. The lowest BCUT2D eigenvalue weighted by atomic mass is 9.87. The minimum absolute atomic E-state index is 0.0352. The average molecular weight is 392 g/mol. The molecule has 0 aliphatic heterocycles. The number of nitrogens with zero attached hydrogens (tertiary/aromatic N) is 3. The van der Waals surface area contributed by atoms with Crippen molar-refractivity contribution >= 4 is 5.91 Å². The summed E-state index contributed by atoms with van der Waals surface area (Å²) >= 11 is 0. The number of amides is 1. The van der Waals surface area contributed by atoms with E-state index in [-0.39, 0.29) is 11.3 Å². The molecule has 1 aromatic heterocycles. The summed E-state index contributed by atoms with van der Waals surface area (Å²) in [7, 11) is 3.66. The summed E-state index contributed by atoms with van der Waals surface area (Å²) in [5.41, 5.74) is 3.86. The fourth-order valence-electron chi connectivity index (χ4n) is 3.09. The van der Waals surface area contributed by atoms with Crippen molar-refractivity contribution in [1.82, 2.24) is 14.7 Å². The Kier molecular flexibility index (Phi) is 6.06. The highest BCUT2D eigenvalue weighted by molar-refractivity contribution is 5.94. The molecule has 0 unspecified atom stereocenters. The molecular formula is C24H29N3O2. The van der Waals surface area contributed by atoms with Gasteiger partial charge in [0, 0.05) is 25.9 Å². The van der Waals surface area contributed by atoms with Crippen LogP contribution in [0.15, 0.2) is 60.8 Å². The zero-order chi connectivity index (χ0) is 21.0. The highest BCUT2D eigenvalue weighted by atomic mass is 16.5. The van der Waals surface area contributed by atoms with Crippen LogP contribution in [0.4, 0.5) is 0 Å². The van der Waals surface area contributed by atoms with Gasteiger partial charge in [-0.1, -0.05) is 45.0 Å². The van der Waals surface area contributed by atoms with E-state index in [0.717, 1.165) is 17.0 Å². The van der Waals surface area contributed by atoms with Gasteiger partial charge >= 0.3 is 0 Å². The van der Waals surface area contributed by atoms with Gasteiger partial charge in [0.15, 0.2) is 0 Å². The highest BCUT2D eigenvalue weighted by Gasteiger charge is 2.15. The highest BCUT2D eigenvalue weighted by Crippen LogP contribution is 2.24. The lowest BCUT2D eigenvalue weighted by molar-refractivity contribution is 0.0783. The van der Waals surface area contributed by atoms with E-state index >= 15 is 0 Å². The van der Waals surface area contributed by atoms with Crippen LogP contribution in [0.2, 0.25) is 0 Å². The van der Waals surface area contributed by atoms with Crippen molar-refractivity contribution in [2.75, 3.05) is 7.05 Å². The fourth-order valence-corrected chi connectivity index (χ4v) is 3.09. The predicted octanol–water partition coefficient (Wildman–Crippen LogP) is 4.57. The Balaban J connectivity index is 1.62. The molecule has 0 saturated heterocycles. The standard InChI is InChI=1S/C24H29N3O2/c1-24(2,3)20-9-11-22(12-10-20)29-17-18-7-6-8-19(15-18)23(28)26(4)16-21-13-14-27(5)25-21/h6-15H,16-17H2,1-5H3. The molecular weight excluding hydrogens is 362 g/mol. The van der Waals surface area contributed by atoms with Gasteiger partial charge in [-0.15, -0.1) is 0 Å². The second-order valence-electron chi connectivity index (χ2n) is 8.41. The Bertz CT molecular complexity index is 968. The molecule has 0 aliphatic rings. The van der Waals surface area contributed by atoms with Gasteiger partial charge in [-0.05, 0) is 46.9 Å². The van der Waals surface area contributed by atoms with Crippen LogP contribution in [-0.2, 0) is 25.6 Å². The van der Waals surface area contributed by atoms with Gasteiger partial charge in [-0.3, -0.25) is 9.48 Å². The van der Waals surface area contributed by atoms with Crippen molar-refractivity contribution < 1.29 is 9.53 Å². The summed E-state index contributed by atoms with van der Waals surface area (Å²) in [5, 5.41) is 4.33. The first kappa shape index (κ1) is 20.6. The molecule has 0 N–H and O–H groups in total. The number of ether oxygens (including phenoxy) is 1. The Morgan fingerprint density at radius 2 is 1.83 bits per heavy atom. The molecule has 5 nitrogen and oxygen atoms in total. The summed E-state index contributed by atoms with van der Waals surface area (Å²) in [6.07, 6.45) is 1.87. The Morgan fingerprint density at radius 3 is 2.45 bits per heavy atom. The minimum Gasteiger partial charge on any atom is -0.489 e. The maximum absolute atomic E-state index is 12.8. The van der Waals surface area contributed by atoms with Gasteiger partial charge in [-0.2, -0.15) is 5.10 Å². The molecule has 0 fully saturated rings. The van der Waals surface area contributed by atoms with Gasteiger partial charge < -0.3 is 9.64 Å². The van der Waals surface area contributed by atoms with Crippen molar-refractivity contribution in [2.45, 2.75) is 39.3 Å². The number of carbonyl (C=O) groups is 1. The van der Waals surface area contributed by atoms with Crippen LogP contribution in [0.3, 0.4) is 0 Å². The number of hydrogen-bond donors (Lipinski definition) is 0. The fraction of sp³-hybridized carbons (Fsp3) is 0.333. The largest absolute Gasteiger partial charge is 0.489 e. The smallest absolute Gasteiger partial charge is 0.253 e. The zero-order valence-electron chi connectivity index (χ0n) is 17.8. The molecule has 152 valence electrons. The van der Waals surface area contributed by atoms with E-state index in [1.165, 1.54) is 5.56 Å². The first-order valence-electron chi connectivity index (χ1n) is 9.78. The first-order chi connectivity index (χ1) is 13.7. The molecule has 3 aromatic rings. The van der Waals surface area contributed by atoms with E-state index in [0.29, 0.717) is 18.7 Å². The number of aryl methyl sites for hydroxylation is 1. The third-order valence-electron chi connectivity index (χ3n) is 4.81. The molecule has 2 aromatic carbocycles. The van der Waals surface area contributed by atoms with Gasteiger partial charge in [-0.25, -0.2) is 0 Å². The number of rotatable bonds is 6. The minimum atomic E-state index is -0.0352. The molecule has 0 spiro atoms. The van der Waals surface area contributed by atoms with E-state index in [1.807, 2.05) is 55.7 Å². The van der Waals surface area contributed by atoms with E-state index in [2.05, 4.69) is 38.0 Å². The van der Waals surface area contributed by atoms with E-state index in [1.54, 1.807) is 16.6 Å². The van der Waals surface area contributed by atoms with Crippen LogP contribution < -0.4 is 4.74 Å². The molecule has 0 saturated carbocycles. The van der Waals surface area contributed by atoms with Crippen molar-refractivity contribution in [1.29, 1.82) is 0 Å². The molecule has 1 heterocycles. The maximum atomic E-state index is 12.8. The van der Waals surface area contributed by atoms with Crippen LogP contribution in [0.5, 0.6) is 5.75 Å². The van der Waals surface area contributed by atoms with Crippen LogP contribution in [0.1, 0.15) is 48.0 Å². The van der Waals surface area contributed by atoms with Crippen LogP contribution in [0.25, 0.3) is 0 Å². The summed E-state index contributed by atoms with van der Waals surface area (Å²) in [4.78, 5) is 14.4. The quantitative estimate of drug-likeness (QED) is 0.618. The summed E-state index contributed by atoms with van der Waals surface area (Å²) in [6.45, 7) is 7.46. The number of carbonyl (C=O) groups excluding carboxylic acids is 1. The lowest BCUT2D eigenvalue weighted by Crippen LogP contribution is -2.26. The van der Waals surface area contributed by atoms with E-state index in [9.17, 15) is 4.79 Å². The molecule has 1 amide bonds. The van der Waals surface area contributed by atoms with Crippen molar-refractivity contribution in [3.05, 3.63) is 83.2 Å². The normalized spacial score (nSPS) is 11.3. The van der Waals surface area contributed by atoms with Crippen LogP contribution in [0, 0.1) is 0 Å². The third-order valence-corrected chi connectivity index (χ3v) is 4.81. The zero-order valence-corrected chi connectivity index (χ0v) is 17.8. The Labute approximate surface area is 172 Å². The summed E-state index contributed by atoms with van der Waals surface area (Å²) < 4.78 is 7.65. The maximum Gasteiger partial charge on any atom is 0.253 e. The van der Waals surface area contributed by atoms with Gasteiger partial charge in [0.2, 0.25) is 0 Å². The van der Waals surface area contributed by atoms with E-state index < -0.39 is 0 Å². The second-order valence-corrected chi connectivity index (χ2v) is 8.41. The van der Waals surface area contributed by atoms with Crippen molar-refractivity contribution in [2.24, 2.45) is 7.05 Å². The van der Waals surface area contributed by atoms with Crippen molar-refractivity contribution in [3.63, 3.8) is 0 Å². The van der Waals surface area contributed by atoms with Crippen LogP contribution >= 0.6 is 0 Å². The molecule has 0 atom stereocenters. The van der Waals surface area contributed by atoms with Gasteiger partial charge in [0.25, 0.3) is 5.91 Å². The van der Waals surface area contributed by atoms with Gasteiger partial charge in [0.1, 0.15) is 12.4 Å². The van der Waals surface area contributed by atoms with E-state index in [4.69, 9.17) is 4.74 Å². The Morgan fingerprint density at radius 1 is 1.10 bits per heavy atom. The molecule has 0 aliphatic carbocycles. The monoisotopic (exact) mass is 391 g/mol. The number of aromatic nitrogens is 2. The predicted molar refractivity (Wildman–Crippen MR) is 115 cm³/mol. The number of hydrogen-bond acceptors (Lipinski definition) is 3. The molecule has 0 bridgehead atoms. The SMILES string of the molecule is CN(Cc1ccn(C)n1)C(=O)c1cccc(COc2ccc(C(C)(C)C)cc2)c1. The van der Waals surface area contributed by atoms with Crippen molar-refractivity contribution in [3.8, 4) is 5.75 Å². The summed E-state index contributed by atoms with van der Waals surface area (Å²) in [6, 6.07) is 17.7. The first-order valence-corrected chi connectivity index (χ1v) is 9.78. The third kappa shape index (κ3) is 5.47. The molecule has 5 heteroatoms. The van der Waals surface area contributed by atoms with Gasteiger partial charge in [0.05, 0.1) is 12.2 Å². The number of benzene rings is 2. The Hall–Kier alpha value is -3.08. The summed E-state index contributed by atoms with van der Waals surface area (Å²) in [5.74, 6) is 0.786. The molecule has 3 rings (SSSR count). The lowest BCUT2D eigenvalue weighted by Gasteiger charge is -2.19. The average Bonchev–Trinajstić information content (AvgIpc) is 3.10. The molecule has 0 radical (unpaired) electrons. The molecule has 29 heavy (non-hydrogen) atoms.